The van der Waals surface area contributed by atoms with E-state index in [1.165, 1.54) is 7.11 Å². The number of carbonyl (C=O) groups excluding carboxylic acids is 1. The number of hydrogen-bond donors (Lipinski definition) is 1. The van der Waals surface area contributed by atoms with Crippen LogP contribution in [0.4, 0.5) is 5.82 Å². The first-order valence-electron chi connectivity index (χ1n) is 5.88. The lowest BCUT2D eigenvalue weighted by Crippen LogP contribution is -2.20. The lowest BCUT2D eigenvalue weighted by Gasteiger charge is -2.16. The van der Waals surface area contributed by atoms with Crippen molar-refractivity contribution < 1.29 is 9.53 Å². The monoisotopic (exact) mass is 271 g/mol. The van der Waals surface area contributed by atoms with Gasteiger partial charge in [0.2, 0.25) is 5.28 Å². The highest BCUT2D eigenvalue weighted by Crippen LogP contribution is 2.20. The first kappa shape index (κ1) is 14.7. The van der Waals surface area contributed by atoms with Gasteiger partial charge in [-0.2, -0.15) is 4.98 Å². The second-order valence-corrected chi connectivity index (χ2v) is 4.47. The lowest BCUT2D eigenvalue weighted by molar-refractivity contribution is 0.0600. The zero-order valence-electron chi connectivity index (χ0n) is 11.1. The molecule has 5 nitrogen and oxygen atoms in total. The summed E-state index contributed by atoms with van der Waals surface area (Å²) in [4.78, 5) is 19.8. The number of anilines is 1. The smallest absolute Gasteiger partial charge is 0.343 e. The van der Waals surface area contributed by atoms with Crippen molar-refractivity contribution in [1.29, 1.82) is 0 Å². The van der Waals surface area contributed by atoms with Crippen LogP contribution in [0.15, 0.2) is 0 Å². The van der Waals surface area contributed by atoms with Gasteiger partial charge in [-0.05, 0) is 31.9 Å². The largest absolute Gasteiger partial charge is 0.465 e. The predicted molar refractivity (Wildman–Crippen MR) is 71.1 cm³/mol. The third kappa shape index (κ3) is 3.57. The Hall–Kier alpha value is -1.36. The SMILES string of the molecule is CCC[C@H](C)Nc1nc(Cl)nc(C)c1C(=O)OC. The fourth-order valence-electron chi connectivity index (χ4n) is 1.73. The number of nitrogens with one attached hydrogen (secondary N) is 1. The summed E-state index contributed by atoms with van der Waals surface area (Å²) < 4.78 is 4.74. The molecule has 0 spiro atoms. The molecule has 1 rings (SSSR count). The Bertz CT molecular complexity index is 438. The number of methoxy groups -OCH3 is 1. The van der Waals surface area contributed by atoms with E-state index < -0.39 is 5.97 Å². The van der Waals surface area contributed by atoms with Gasteiger partial charge in [0.05, 0.1) is 12.8 Å². The van der Waals surface area contributed by atoms with E-state index in [4.69, 9.17) is 16.3 Å². The first-order chi connectivity index (χ1) is 8.49. The molecule has 1 N–H and O–H groups in total. The summed E-state index contributed by atoms with van der Waals surface area (Å²) in [5.74, 6) is -0.0318. The second-order valence-electron chi connectivity index (χ2n) is 4.13. The Labute approximate surface area is 112 Å². The average molecular weight is 272 g/mol. The van der Waals surface area contributed by atoms with E-state index in [-0.39, 0.29) is 11.3 Å². The van der Waals surface area contributed by atoms with Gasteiger partial charge < -0.3 is 10.1 Å². The molecule has 0 aliphatic carbocycles. The number of carbonyl (C=O) groups is 1. The highest BCUT2D eigenvalue weighted by Gasteiger charge is 2.19. The number of aryl methyl sites for hydroxylation is 1. The highest BCUT2D eigenvalue weighted by atomic mass is 35.5. The van der Waals surface area contributed by atoms with Crippen molar-refractivity contribution >= 4 is 23.4 Å². The van der Waals surface area contributed by atoms with E-state index in [0.717, 1.165) is 12.8 Å². The van der Waals surface area contributed by atoms with E-state index >= 15 is 0 Å². The Kier molecular flexibility index (Phi) is 5.34. The number of esters is 1. The van der Waals surface area contributed by atoms with Crippen molar-refractivity contribution in [1.82, 2.24) is 9.97 Å². The molecule has 0 saturated heterocycles. The summed E-state index contributed by atoms with van der Waals surface area (Å²) in [6.45, 7) is 5.82. The summed E-state index contributed by atoms with van der Waals surface area (Å²) in [5.41, 5.74) is 0.845. The molecule has 0 saturated carbocycles. The third-order valence-electron chi connectivity index (χ3n) is 2.56. The molecule has 1 aromatic heterocycles. The predicted octanol–water partition coefficient (Wildman–Crippen LogP) is 2.83. The van der Waals surface area contributed by atoms with Crippen LogP contribution in [0.2, 0.25) is 5.28 Å². The minimum absolute atomic E-state index is 0.117. The van der Waals surface area contributed by atoms with Gasteiger partial charge in [0.15, 0.2) is 0 Å². The Balaban J connectivity index is 3.11. The lowest BCUT2D eigenvalue weighted by atomic mass is 10.1. The summed E-state index contributed by atoms with van der Waals surface area (Å²) in [6.07, 6.45) is 2.01. The Morgan fingerprint density at radius 2 is 2.17 bits per heavy atom. The van der Waals surface area contributed by atoms with E-state index in [2.05, 4.69) is 22.2 Å². The van der Waals surface area contributed by atoms with E-state index in [0.29, 0.717) is 17.1 Å². The van der Waals surface area contributed by atoms with Gasteiger partial charge in [-0.3, -0.25) is 0 Å². The molecule has 1 aromatic rings. The second kappa shape index (κ2) is 6.54. The molecule has 1 atom stereocenters. The van der Waals surface area contributed by atoms with Gasteiger partial charge in [-0.25, -0.2) is 9.78 Å². The van der Waals surface area contributed by atoms with E-state index in [9.17, 15) is 4.79 Å². The number of rotatable bonds is 5. The molecule has 0 fully saturated rings. The third-order valence-corrected chi connectivity index (χ3v) is 2.73. The van der Waals surface area contributed by atoms with Crippen molar-refractivity contribution in [3.8, 4) is 0 Å². The van der Waals surface area contributed by atoms with Gasteiger partial charge >= 0.3 is 5.97 Å². The quantitative estimate of drug-likeness (QED) is 0.659. The summed E-state index contributed by atoms with van der Waals surface area (Å²) in [5, 5.41) is 3.29. The van der Waals surface area contributed by atoms with Gasteiger partial charge in [0.25, 0.3) is 0 Å². The first-order valence-corrected chi connectivity index (χ1v) is 6.26. The van der Waals surface area contributed by atoms with Gasteiger partial charge in [0.1, 0.15) is 11.4 Å². The van der Waals surface area contributed by atoms with Crippen LogP contribution in [0, 0.1) is 6.92 Å². The fraction of sp³-hybridized carbons (Fsp3) is 0.583. The number of hydrogen-bond acceptors (Lipinski definition) is 5. The molecule has 0 unspecified atom stereocenters. The van der Waals surface area contributed by atoms with Crippen LogP contribution in [0.3, 0.4) is 0 Å². The maximum absolute atomic E-state index is 11.7. The molecule has 0 aliphatic heterocycles. The van der Waals surface area contributed by atoms with Crippen LogP contribution >= 0.6 is 11.6 Å². The van der Waals surface area contributed by atoms with Crippen LogP contribution in [0.1, 0.15) is 42.7 Å². The normalized spacial score (nSPS) is 12.1. The maximum Gasteiger partial charge on any atom is 0.343 e. The number of aromatic nitrogens is 2. The summed E-state index contributed by atoms with van der Waals surface area (Å²) >= 11 is 5.82. The van der Waals surface area contributed by atoms with Crippen molar-refractivity contribution in [2.75, 3.05) is 12.4 Å². The molecule has 18 heavy (non-hydrogen) atoms. The molecular formula is C12H18ClN3O2. The van der Waals surface area contributed by atoms with Crippen molar-refractivity contribution in [2.45, 2.75) is 39.7 Å². The van der Waals surface area contributed by atoms with Crippen LogP contribution in [-0.4, -0.2) is 29.1 Å². The van der Waals surface area contributed by atoms with Gasteiger partial charge in [0, 0.05) is 6.04 Å². The molecule has 0 bridgehead atoms. The number of nitrogens with zero attached hydrogens (tertiary/aromatic N) is 2. The maximum atomic E-state index is 11.7. The molecule has 0 aliphatic rings. The molecule has 1 heterocycles. The molecule has 100 valence electrons. The van der Waals surface area contributed by atoms with Crippen LogP contribution in [0.5, 0.6) is 0 Å². The van der Waals surface area contributed by atoms with Gasteiger partial charge in [-0.1, -0.05) is 13.3 Å². The zero-order chi connectivity index (χ0) is 13.7. The zero-order valence-corrected chi connectivity index (χ0v) is 11.8. The Morgan fingerprint density at radius 3 is 2.72 bits per heavy atom. The number of ether oxygens (including phenoxy) is 1. The standard InChI is InChI=1S/C12H18ClN3O2/c1-5-6-7(2)14-10-9(11(17)18-4)8(3)15-12(13)16-10/h7H,5-6H2,1-4H3,(H,14,15,16)/t7-/m0/s1. The molecule has 6 heteroatoms. The highest BCUT2D eigenvalue weighted by molar-refractivity contribution is 6.28. The van der Waals surface area contributed by atoms with Crippen molar-refractivity contribution in [3.05, 3.63) is 16.5 Å². The van der Waals surface area contributed by atoms with E-state index in [1.807, 2.05) is 6.92 Å². The average Bonchev–Trinajstić information content (AvgIpc) is 2.27. The minimum atomic E-state index is -0.463. The molecular weight excluding hydrogens is 254 g/mol. The molecule has 0 radical (unpaired) electrons. The minimum Gasteiger partial charge on any atom is -0.465 e. The van der Waals surface area contributed by atoms with Crippen LogP contribution < -0.4 is 5.32 Å². The van der Waals surface area contributed by atoms with Crippen molar-refractivity contribution in [3.63, 3.8) is 0 Å². The molecule has 0 amide bonds. The fourth-order valence-corrected chi connectivity index (χ4v) is 1.94. The topological polar surface area (TPSA) is 64.1 Å². The van der Waals surface area contributed by atoms with Crippen LogP contribution in [0.25, 0.3) is 0 Å². The van der Waals surface area contributed by atoms with E-state index in [1.54, 1.807) is 6.92 Å². The number of halogens is 1. The van der Waals surface area contributed by atoms with Crippen LogP contribution in [-0.2, 0) is 4.74 Å². The van der Waals surface area contributed by atoms with Crippen molar-refractivity contribution in [2.24, 2.45) is 0 Å². The Morgan fingerprint density at radius 1 is 1.50 bits per heavy atom. The van der Waals surface area contributed by atoms with Gasteiger partial charge in [-0.15, -0.1) is 0 Å². The molecule has 0 aromatic carbocycles. The summed E-state index contributed by atoms with van der Waals surface area (Å²) in [6, 6.07) is 0.198. The summed E-state index contributed by atoms with van der Waals surface area (Å²) in [7, 11) is 1.33.